The van der Waals surface area contributed by atoms with E-state index in [0.29, 0.717) is 0 Å². The number of nitrogens with zero attached hydrogens (tertiary/aromatic N) is 2. The van der Waals surface area contributed by atoms with Crippen molar-refractivity contribution < 1.29 is 0 Å². The molecule has 0 aliphatic carbocycles. The molecule has 0 saturated carbocycles. The molecule has 4 heteroatoms. The van der Waals surface area contributed by atoms with Crippen LogP contribution in [0.5, 0.6) is 0 Å². The summed E-state index contributed by atoms with van der Waals surface area (Å²) in [5.41, 5.74) is 3.42. The first-order valence-corrected chi connectivity index (χ1v) is 5.57. The minimum Gasteiger partial charge on any atom is -0.342 e. The lowest BCUT2D eigenvalue weighted by atomic mass is 10.2. The van der Waals surface area contributed by atoms with Crippen LogP contribution in [0.25, 0.3) is 11.0 Å². The lowest BCUT2D eigenvalue weighted by Gasteiger charge is -2.12. The molecule has 0 unspecified atom stereocenters. The van der Waals surface area contributed by atoms with Crippen molar-refractivity contribution in [2.75, 3.05) is 12.9 Å². The van der Waals surface area contributed by atoms with Crippen LogP contribution in [0, 0.1) is 6.92 Å². The molecule has 80 valence electrons. The Morgan fingerprint density at radius 1 is 1.47 bits per heavy atom. The van der Waals surface area contributed by atoms with Crippen molar-refractivity contribution in [2.24, 2.45) is 0 Å². The van der Waals surface area contributed by atoms with Crippen LogP contribution in [-0.4, -0.2) is 27.8 Å². The van der Waals surface area contributed by atoms with Crippen LogP contribution < -0.4 is 0 Å². The molecule has 2 aromatic rings. The number of hydrogen-bond donors (Lipinski definition) is 2. The van der Waals surface area contributed by atoms with Crippen LogP contribution in [0.2, 0.25) is 0 Å². The number of hydrogen-bond acceptors (Lipinski definition) is 3. The maximum Gasteiger partial charge on any atom is 0.104 e. The van der Waals surface area contributed by atoms with Crippen molar-refractivity contribution in [2.45, 2.75) is 13.5 Å². The number of fused-ring (bicyclic) bond motifs is 1. The highest BCUT2D eigenvalue weighted by molar-refractivity contribution is 7.80. The van der Waals surface area contributed by atoms with E-state index >= 15 is 0 Å². The molecule has 0 bridgehead atoms. The van der Waals surface area contributed by atoms with Crippen molar-refractivity contribution >= 4 is 23.7 Å². The fourth-order valence-corrected chi connectivity index (χ4v) is 1.74. The van der Waals surface area contributed by atoms with Gasteiger partial charge in [-0.1, -0.05) is 6.07 Å². The van der Waals surface area contributed by atoms with Gasteiger partial charge in [-0.15, -0.1) is 0 Å². The third kappa shape index (κ3) is 2.33. The van der Waals surface area contributed by atoms with Gasteiger partial charge in [-0.2, -0.15) is 12.6 Å². The summed E-state index contributed by atoms with van der Waals surface area (Å²) in [4.78, 5) is 9.76. The molecule has 0 fully saturated rings. The Hall–Kier alpha value is -1.00. The zero-order valence-electron chi connectivity index (χ0n) is 8.99. The number of thiol groups is 1. The Bertz CT molecular complexity index is 464. The van der Waals surface area contributed by atoms with Crippen LogP contribution in [0.4, 0.5) is 0 Å². The first-order valence-electron chi connectivity index (χ1n) is 4.93. The van der Waals surface area contributed by atoms with Gasteiger partial charge < -0.3 is 4.98 Å². The SMILES string of the molecule is Cc1nc2ccc(CN(C)CS)cc2[nH]1. The lowest BCUT2D eigenvalue weighted by molar-refractivity contribution is 0.388. The van der Waals surface area contributed by atoms with Gasteiger partial charge in [-0.3, -0.25) is 4.90 Å². The summed E-state index contributed by atoms with van der Waals surface area (Å²) < 4.78 is 0. The highest BCUT2D eigenvalue weighted by Crippen LogP contribution is 2.14. The van der Waals surface area contributed by atoms with Crippen molar-refractivity contribution in [3.8, 4) is 0 Å². The molecule has 1 aromatic carbocycles. The van der Waals surface area contributed by atoms with E-state index in [1.165, 1.54) is 5.56 Å². The Morgan fingerprint density at radius 3 is 3.00 bits per heavy atom. The summed E-state index contributed by atoms with van der Waals surface area (Å²) in [6, 6.07) is 6.32. The Labute approximate surface area is 94.9 Å². The average molecular weight is 221 g/mol. The van der Waals surface area contributed by atoms with Crippen LogP contribution in [-0.2, 0) is 6.54 Å². The zero-order chi connectivity index (χ0) is 10.8. The fraction of sp³-hybridized carbons (Fsp3) is 0.364. The second-order valence-corrected chi connectivity index (χ2v) is 4.11. The molecular weight excluding hydrogens is 206 g/mol. The molecule has 15 heavy (non-hydrogen) atoms. The number of rotatable bonds is 3. The second kappa shape index (κ2) is 4.24. The molecule has 0 saturated heterocycles. The molecule has 0 aliphatic rings. The van der Waals surface area contributed by atoms with E-state index in [0.717, 1.165) is 29.3 Å². The van der Waals surface area contributed by atoms with Gasteiger partial charge in [-0.25, -0.2) is 4.98 Å². The standard InChI is InChI=1S/C11H15N3S/c1-8-12-10-4-3-9(5-11(10)13-8)6-14(2)7-15/h3-5,15H,6-7H2,1-2H3,(H,12,13). The van der Waals surface area contributed by atoms with Gasteiger partial charge in [0.05, 0.1) is 11.0 Å². The van der Waals surface area contributed by atoms with Crippen molar-refractivity contribution in [3.05, 3.63) is 29.6 Å². The van der Waals surface area contributed by atoms with Gasteiger partial charge in [0.2, 0.25) is 0 Å². The number of benzene rings is 1. The van der Waals surface area contributed by atoms with Gasteiger partial charge in [0.15, 0.2) is 0 Å². The van der Waals surface area contributed by atoms with Crippen molar-refractivity contribution in [1.82, 2.24) is 14.9 Å². The largest absolute Gasteiger partial charge is 0.342 e. The maximum absolute atomic E-state index is 4.37. The molecular formula is C11H15N3S. The molecule has 2 rings (SSSR count). The van der Waals surface area contributed by atoms with E-state index in [4.69, 9.17) is 0 Å². The van der Waals surface area contributed by atoms with Crippen LogP contribution in [0.15, 0.2) is 18.2 Å². The number of aromatic nitrogens is 2. The van der Waals surface area contributed by atoms with Gasteiger partial charge >= 0.3 is 0 Å². The molecule has 0 spiro atoms. The summed E-state index contributed by atoms with van der Waals surface area (Å²) in [5, 5.41) is 0. The summed E-state index contributed by atoms with van der Waals surface area (Å²) in [5.74, 6) is 1.73. The van der Waals surface area contributed by atoms with Gasteiger partial charge in [0.25, 0.3) is 0 Å². The summed E-state index contributed by atoms with van der Waals surface area (Å²) in [6.45, 7) is 2.89. The van der Waals surface area contributed by atoms with E-state index in [2.05, 4.69) is 52.7 Å². The maximum atomic E-state index is 4.37. The Kier molecular flexibility index (Phi) is 2.98. The molecule has 1 heterocycles. The van der Waals surface area contributed by atoms with Crippen LogP contribution >= 0.6 is 12.6 Å². The second-order valence-electron chi connectivity index (χ2n) is 3.83. The zero-order valence-corrected chi connectivity index (χ0v) is 9.88. The third-order valence-corrected chi connectivity index (χ3v) is 2.84. The highest BCUT2D eigenvalue weighted by atomic mass is 32.1. The monoisotopic (exact) mass is 221 g/mol. The number of H-pyrrole nitrogens is 1. The van der Waals surface area contributed by atoms with Crippen molar-refractivity contribution in [3.63, 3.8) is 0 Å². The smallest absolute Gasteiger partial charge is 0.104 e. The van der Waals surface area contributed by atoms with E-state index in [1.54, 1.807) is 0 Å². The molecule has 0 aliphatic heterocycles. The Morgan fingerprint density at radius 2 is 2.27 bits per heavy atom. The molecule has 1 N–H and O–H groups in total. The van der Waals surface area contributed by atoms with E-state index < -0.39 is 0 Å². The highest BCUT2D eigenvalue weighted by Gasteiger charge is 2.02. The predicted octanol–water partition coefficient (Wildman–Crippen LogP) is 2.19. The van der Waals surface area contributed by atoms with E-state index in [9.17, 15) is 0 Å². The van der Waals surface area contributed by atoms with E-state index in [1.807, 2.05) is 6.92 Å². The Balaban J connectivity index is 2.30. The van der Waals surface area contributed by atoms with E-state index in [-0.39, 0.29) is 0 Å². The minimum absolute atomic E-state index is 0.764. The molecule has 1 aromatic heterocycles. The molecule has 0 radical (unpaired) electrons. The number of imidazole rings is 1. The van der Waals surface area contributed by atoms with Gasteiger partial charge in [-0.05, 0) is 31.7 Å². The summed E-state index contributed by atoms with van der Waals surface area (Å²) in [6.07, 6.45) is 0. The van der Waals surface area contributed by atoms with Crippen LogP contribution in [0.1, 0.15) is 11.4 Å². The summed E-state index contributed by atoms with van der Waals surface area (Å²) >= 11 is 4.23. The molecule has 0 atom stereocenters. The topological polar surface area (TPSA) is 31.9 Å². The molecule has 3 nitrogen and oxygen atoms in total. The molecule has 0 amide bonds. The predicted molar refractivity (Wildman–Crippen MR) is 66.2 cm³/mol. The lowest BCUT2D eigenvalue weighted by Crippen LogP contribution is -2.15. The fourth-order valence-electron chi connectivity index (χ4n) is 1.64. The number of nitrogens with one attached hydrogen (secondary N) is 1. The quantitative estimate of drug-likeness (QED) is 0.615. The van der Waals surface area contributed by atoms with Crippen molar-refractivity contribution in [1.29, 1.82) is 0 Å². The first kappa shape index (κ1) is 10.5. The minimum atomic E-state index is 0.764. The third-order valence-electron chi connectivity index (χ3n) is 2.36. The number of aromatic amines is 1. The number of aryl methyl sites for hydroxylation is 1. The van der Waals surface area contributed by atoms with Crippen LogP contribution in [0.3, 0.4) is 0 Å². The average Bonchev–Trinajstić information content (AvgIpc) is 2.57. The summed E-state index contributed by atoms with van der Waals surface area (Å²) in [7, 11) is 2.05. The van der Waals surface area contributed by atoms with Gasteiger partial charge in [0.1, 0.15) is 5.82 Å². The first-order chi connectivity index (χ1) is 7.19. The normalized spacial score (nSPS) is 11.5. The van der Waals surface area contributed by atoms with Gasteiger partial charge in [0, 0.05) is 12.4 Å².